The van der Waals surface area contributed by atoms with E-state index in [1.165, 1.54) is 22.3 Å². The van der Waals surface area contributed by atoms with Gasteiger partial charge in [0, 0.05) is 25.1 Å². The van der Waals surface area contributed by atoms with E-state index in [1.54, 1.807) is 12.1 Å². The Morgan fingerprint density at radius 1 is 1.18 bits per heavy atom. The highest BCUT2D eigenvalue weighted by molar-refractivity contribution is 5.89. The number of ether oxygens (including phenoxy) is 2. The minimum atomic E-state index is -0.317. The average Bonchev–Trinajstić information content (AvgIpc) is 3.17. The molecule has 1 saturated carbocycles. The predicted octanol–water partition coefficient (Wildman–Crippen LogP) is 3.94. The smallest absolute Gasteiger partial charge is 0.174 e. The minimum Gasteiger partial charge on any atom is -0.493 e. The van der Waals surface area contributed by atoms with Crippen LogP contribution in [-0.4, -0.2) is 50.6 Å². The van der Waals surface area contributed by atoms with Crippen molar-refractivity contribution in [2.75, 3.05) is 32.8 Å². The normalized spacial score (nSPS) is 30.6. The number of nitrogens with zero attached hydrogens (tertiary/aromatic N) is 2. The second kappa shape index (κ2) is 7.99. The van der Waals surface area contributed by atoms with Gasteiger partial charge in [0.05, 0.1) is 18.2 Å². The molecule has 182 valence electrons. The number of nitrogens with two attached hydrogens (primary N) is 1. The van der Waals surface area contributed by atoms with Crippen LogP contribution < -0.4 is 20.3 Å². The van der Waals surface area contributed by atoms with Crippen molar-refractivity contribution in [3.8, 4) is 11.5 Å². The van der Waals surface area contributed by atoms with E-state index < -0.39 is 0 Å². The van der Waals surface area contributed by atoms with Crippen LogP contribution in [0.3, 0.4) is 0 Å². The molecule has 2 aliphatic heterocycles. The number of anilines is 1. The van der Waals surface area contributed by atoms with Crippen LogP contribution in [0.5, 0.6) is 11.5 Å². The molecule has 2 aliphatic carbocycles. The summed E-state index contributed by atoms with van der Waals surface area (Å²) in [7, 11) is 5.76. The lowest BCUT2D eigenvalue weighted by Crippen LogP contribution is -2.70. The zero-order valence-corrected chi connectivity index (χ0v) is 21.3. The maximum absolute atomic E-state index is 12.8. The highest BCUT2D eigenvalue weighted by Crippen LogP contribution is 2.68. The number of aryl methyl sites for hydroxylation is 2. The van der Waals surface area contributed by atoms with Crippen molar-refractivity contribution >= 4 is 11.5 Å². The number of piperidine rings is 1. The number of Topliss-reactive ketones (excluding diaryl/α,β-unsaturated/α-hetero) is 1. The average molecular weight is 464 g/mol. The monoisotopic (exact) mass is 463 g/mol. The van der Waals surface area contributed by atoms with Crippen molar-refractivity contribution in [1.82, 2.24) is 4.90 Å². The third-order valence-electron chi connectivity index (χ3n) is 9.20. The van der Waals surface area contributed by atoms with Crippen molar-refractivity contribution in [3.05, 3.63) is 52.6 Å². The maximum Gasteiger partial charge on any atom is 0.174 e. The molecule has 2 aromatic carbocycles. The molecule has 6 rings (SSSR count). The second-order valence-electron chi connectivity index (χ2n) is 10.8. The van der Waals surface area contributed by atoms with Gasteiger partial charge in [-0.2, -0.15) is 0 Å². The van der Waals surface area contributed by atoms with Crippen LogP contribution in [0, 0.1) is 19.3 Å². The molecule has 1 spiro atoms. The zero-order chi connectivity index (χ0) is 24.4. The van der Waals surface area contributed by atoms with Crippen LogP contribution >= 0.6 is 0 Å². The van der Waals surface area contributed by atoms with E-state index in [2.05, 4.69) is 50.9 Å². The Bertz CT molecular complexity index is 1150. The van der Waals surface area contributed by atoms with Gasteiger partial charge in [-0.05, 0) is 87.0 Å². The fraction of sp³-hybridized carbons (Fsp3) is 0.536. The number of benzene rings is 2. The van der Waals surface area contributed by atoms with E-state index in [9.17, 15) is 4.79 Å². The van der Waals surface area contributed by atoms with Gasteiger partial charge in [0.15, 0.2) is 23.4 Å². The van der Waals surface area contributed by atoms with Crippen molar-refractivity contribution in [3.63, 3.8) is 0 Å². The fourth-order valence-electron chi connectivity index (χ4n) is 7.09. The van der Waals surface area contributed by atoms with Gasteiger partial charge in [-0.3, -0.25) is 4.79 Å². The van der Waals surface area contributed by atoms with Gasteiger partial charge in [0.1, 0.15) is 0 Å². The third-order valence-corrected chi connectivity index (χ3v) is 9.20. The molecule has 2 bridgehead atoms. The van der Waals surface area contributed by atoms with E-state index in [-0.39, 0.29) is 22.7 Å². The molecule has 34 heavy (non-hydrogen) atoms. The number of carbonyl (C=O) groups excluding carboxylic acids is 1. The van der Waals surface area contributed by atoms with Gasteiger partial charge in [0.2, 0.25) is 0 Å². The molecule has 4 unspecified atom stereocenters. The quantitative estimate of drug-likeness (QED) is 0.538. The molecule has 0 aromatic heterocycles. The lowest BCUT2D eigenvalue weighted by atomic mass is 9.44. The van der Waals surface area contributed by atoms with Crippen molar-refractivity contribution in [1.29, 1.82) is 0 Å². The summed E-state index contributed by atoms with van der Waals surface area (Å²) in [6.07, 6.45) is 3.34. The molecule has 0 amide bonds. The summed E-state index contributed by atoms with van der Waals surface area (Å²) in [5, 5.41) is 1.62. The highest BCUT2D eigenvalue weighted by atomic mass is 16.5. The molecular formula is C28H37N3O3. The Morgan fingerprint density at radius 2 is 1.94 bits per heavy atom. The molecule has 6 heteroatoms. The van der Waals surface area contributed by atoms with Gasteiger partial charge in [0.25, 0.3) is 0 Å². The van der Waals surface area contributed by atoms with Gasteiger partial charge in [-0.25, -0.2) is 5.84 Å². The summed E-state index contributed by atoms with van der Waals surface area (Å²) in [5.41, 5.74) is 6.22. The number of methoxy groups -OCH3 is 1. The third kappa shape index (κ3) is 3.04. The second-order valence-corrected chi connectivity index (χ2v) is 10.8. The number of rotatable bonds is 2. The molecule has 4 aliphatic rings. The number of hydrogen-bond acceptors (Lipinski definition) is 6. The summed E-state index contributed by atoms with van der Waals surface area (Å²) in [4.78, 5) is 15.3. The summed E-state index contributed by atoms with van der Waals surface area (Å²) >= 11 is 0. The first-order chi connectivity index (χ1) is 16.1. The number of hydrazine groups is 1. The van der Waals surface area contributed by atoms with E-state index >= 15 is 0 Å². The van der Waals surface area contributed by atoms with Crippen LogP contribution in [0.2, 0.25) is 0 Å². The summed E-state index contributed by atoms with van der Waals surface area (Å²) in [6, 6.07) is 10.9. The van der Waals surface area contributed by atoms with Crippen LogP contribution in [0.4, 0.5) is 5.69 Å². The SMILES string of the molecule is COc1ccc2c3c1OC1C(=O)CCC4(C)C(C2)N(C)CCC314.Cc1ccc(N(C)N)cc1C. The van der Waals surface area contributed by atoms with Gasteiger partial charge in [-0.1, -0.05) is 19.1 Å². The predicted molar refractivity (Wildman–Crippen MR) is 135 cm³/mol. The van der Waals surface area contributed by atoms with Gasteiger partial charge < -0.3 is 19.4 Å². The summed E-state index contributed by atoms with van der Waals surface area (Å²) in [5.74, 6) is 7.47. The fourth-order valence-corrected chi connectivity index (χ4v) is 7.09. The molecule has 1 saturated heterocycles. The molecule has 2 aromatic rings. The Labute approximate surface area is 203 Å². The largest absolute Gasteiger partial charge is 0.493 e. The Kier molecular flexibility index (Phi) is 5.45. The molecule has 6 nitrogen and oxygen atoms in total. The molecule has 2 fully saturated rings. The minimum absolute atomic E-state index is 0.100. The number of hydrogen-bond donors (Lipinski definition) is 1. The van der Waals surface area contributed by atoms with Crippen molar-refractivity contribution < 1.29 is 14.3 Å². The maximum atomic E-state index is 12.8. The van der Waals surface area contributed by atoms with E-state index in [0.29, 0.717) is 12.5 Å². The molecular weight excluding hydrogens is 426 g/mol. The van der Waals surface area contributed by atoms with Crippen LogP contribution in [0.25, 0.3) is 0 Å². The lowest BCUT2D eigenvalue weighted by Gasteiger charge is -2.63. The van der Waals surface area contributed by atoms with Crippen molar-refractivity contribution in [2.45, 2.75) is 64.0 Å². The number of likely N-dealkylation sites (N-methyl/N-ethyl adjacent to an activating group) is 1. The zero-order valence-electron chi connectivity index (χ0n) is 21.3. The van der Waals surface area contributed by atoms with Crippen LogP contribution in [-0.2, 0) is 16.6 Å². The standard InChI is InChI=1S/C19H23NO3.C9H14N2/c1-18-7-6-12(21)17-19(18)8-9-20(2)14(18)10-11-4-5-13(22-3)16(23-17)15(11)19;1-7-4-5-9(11(3)10)6-8(7)2/h4-5,14,17H,6-10H2,1-3H3;4-6H,10H2,1-3H3. The number of likely N-dealkylation sites (tertiary alicyclic amines) is 1. The van der Waals surface area contributed by atoms with Crippen LogP contribution in [0.15, 0.2) is 30.3 Å². The summed E-state index contributed by atoms with van der Waals surface area (Å²) < 4.78 is 11.9. The Balaban J connectivity index is 0.000000186. The molecule has 2 N–H and O–H groups in total. The van der Waals surface area contributed by atoms with E-state index in [0.717, 1.165) is 43.0 Å². The molecule has 0 radical (unpaired) electrons. The molecule has 4 atom stereocenters. The van der Waals surface area contributed by atoms with Crippen molar-refractivity contribution in [2.24, 2.45) is 11.3 Å². The Hall–Kier alpha value is -2.57. The van der Waals surface area contributed by atoms with Crippen LogP contribution in [0.1, 0.15) is 48.4 Å². The number of carbonyl (C=O) groups is 1. The topological polar surface area (TPSA) is 68.0 Å². The van der Waals surface area contributed by atoms with Gasteiger partial charge in [-0.15, -0.1) is 0 Å². The molecule has 2 heterocycles. The first-order valence-electron chi connectivity index (χ1n) is 12.3. The van der Waals surface area contributed by atoms with E-state index in [4.69, 9.17) is 15.3 Å². The lowest BCUT2D eigenvalue weighted by molar-refractivity contribution is -0.150. The Morgan fingerprint density at radius 3 is 2.62 bits per heavy atom. The van der Waals surface area contributed by atoms with E-state index in [1.807, 2.05) is 19.2 Å². The summed E-state index contributed by atoms with van der Waals surface area (Å²) in [6.45, 7) is 7.61. The first-order valence-corrected chi connectivity index (χ1v) is 12.3. The highest BCUT2D eigenvalue weighted by Gasteiger charge is 2.71. The number of ketones is 1. The first kappa shape index (κ1) is 23.2. The van der Waals surface area contributed by atoms with Gasteiger partial charge >= 0.3 is 0 Å².